The van der Waals surface area contributed by atoms with Crippen LogP contribution in [-0.4, -0.2) is 39.4 Å². The van der Waals surface area contributed by atoms with E-state index in [0.717, 1.165) is 30.5 Å². The smallest absolute Gasteiger partial charge is 0.243 e. The minimum atomic E-state index is -3.47. The van der Waals surface area contributed by atoms with E-state index in [1.807, 2.05) is 49.5 Å². The fourth-order valence-corrected chi connectivity index (χ4v) is 5.01. The molecular weight excluding hydrogens is 356 g/mol. The third-order valence-electron chi connectivity index (χ3n) is 4.66. The quantitative estimate of drug-likeness (QED) is 0.864. The second-order valence-electron chi connectivity index (χ2n) is 6.27. The topological polar surface area (TPSA) is 49.4 Å². The van der Waals surface area contributed by atoms with Gasteiger partial charge in [-0.05, 0) is 44.0 Å². The van der Waals surface area contributed by atoms with Crippen molar-refractivity contribution in [2.75, 3.05) is 26.7 Å². The van der Waals surface area contributed by atoms with Gasteiger partial charge in [0.25, 0.3) is 0 Å². The third kappa shape index (κ3) is 4.42. The maximum Gasteiger partial charge on any atom is 0.243 e. The Morgan fingerprint density at radius 2 is 1.60 bits per heavy atom. The van der Waals surface area contributed by atoms with Crippen molar-refractivity contribution >= 4 is 22.4 Å². The summed E-state index contributed by atoms with van der Waals surface area (Å²) in [4.78, 5) is 0.406. The lowest BCUT2D eigenvalue weighted by molar-refractivity contribution is 0.271. The molecule has 1 heterocycles. The van der Waals surface area contributed by atoms with Crippen molar-refractivity contribution in [1.29, 1.82) is 0 Å². The molecule has 6 heteroatoms. The average molecular weight is 381 g/mol. The number of sulfonamides is 1. The molecule has 0 spiro atoms. The number of halogens is 1. The van der Waals surface area contributed by atoms with Gasteiger partial charge in [0.05, 0.1) is 4.90 Å². The molecule has 0 bridgehead atoms. The zero-order valence-corrected chi connectivity index (χ0v) is 16.0. The van der Waals surface area contributed by atoms with Crippen LogP contribution in [0.2, 0.25) is 0 Å². The monoisotopic (exact) mass is 380 g/mol. The first-order valence-electron chi connectivity index (χ1n) is 8.42. The van der Waals surface area contributed by atoms with Gasteiger partial charge in [0, 0.05) is 18.7 Å². The summed E-state index contributed by atoms with van der Waals surface area (Å²) in [6.45, 7) is 2.14. The molecule has 0 radical (unpaired) electrons. The Labute approximate surface area is 156 Å². The third-order valence-corrected chi connectivity index (χ3v) is 6.61. The minimum absolute atomic E-state index is 0. The zero-order chi connectivity index (χ0) is 17.0. The highest BCUT2D eigenvalue weighted by Crippen LogP contribution is 2.31. The molecule has 1 fully saturated rings. The molecule has 0 amide bonds. The highest BCUT2D eigenvalue weighted by Gasteiger charge is 2.30. The molecule has 3 rings (SSSR count). The van der Waals surface area contributed by atoms with Gasteiger partial charge in [-0.1, -0.05) is 48.5 Å². The fourth-order valence-electron chi connectivity index (χ4n) is 3.33. The Morgan fingerprint density at radius 1 is 1.00 bits per heavy atom. The summed E-state index contributed by atoms with van der Waals surface area (Å²) in [6.07, 6.45) is 1.82. The van der Waals surface area contributed by atoms with Gasteiger partial charge in [0.1, 0.15) is 0 Å². The summed E-state index contributed by atoms with van der Waals surface area (Å²) < 4.78 is 28.0. The number of hydrogen-bond donors (Lipinski definition) is 1. The maximum atomic E-state index is 13.2. The maximum absolute atomic E-state index is 13.2. The lowest BCUT2D eigenvalue weighted by atomic mass is 9.98. The van der Waals surface area contributed by atoms with Crippen LogP contribution >= 0.6 is 12.4 Å². The van der Waals surface area contributed by atoms with Crippen molar-refractivity contribution in [2.45, 2.75) is 17.7 Å². The van der Waals surface area contributed by atoms with Crippen LogP contribution in [0.15, 0.2) is 59.5 Å². The van der Waals surface area contributed by atoms with Gasteiger partial charge in [0.2, 0.25) is 10.0 Å². The molecule has 1 saturated heterocycles. The van der Waals surface area contributed by atoms with Gasteiger partial charge in [-0.15, -0.1) is 12.4 Å². The Bertz CT molecular complexity index is 773. The van der Waals surface area contributed by atoms with E-state index < -0.39 is 10.0 Å². The van der Waals surface area contributed by atoms with E-state index >= 15 is 0 Å². The Kier molecular flexibility index (Phi) is 7.02. The summed E-state index contributed by atoms with van der Waals surface area (Å²) in [6, 6.07) is 17.0. The van der Waals surface area contributed by atoms with E-state index in [4.69, 9.17) is 0 Å². The first-order chi connectivity index (χ1) is 11.6. The molecular formula is C19H25ClN2O2S. The van der Waals surface area contributed by atoms with E-state index in [2.05, 4.69) is 5.32 Å². The van der Waals surface area contributed by atoms with Crippen molar-refractivity contribution in [2.24, 2.45) is 5.92 Å². The van der Waals surface area contributed by atoms with Crippen LogP contribution in [0, 0.1) is 5.92 Å². The number of piperidine rings is 1. The van der Waals surface area contributed by atoms with Gasteiger partial charge >= 0.3 is 0 Å². The first kappa shape index (κ1) is 19.9. The van der Waals surface area contributed by atoms with Crippen molar-refractivity contribution in [3.8, 4) is 11.1 Å². The summed E-state index contributed by atoms with van der Waals surface area (Å²) in [5.74, 6) is 0.561. The molecule has 0 unspecified atom stereocenters. The highest BCUT2D eigenvalue weighted by molar-refractivity contribution is 7.89. The number of benzene rings is 2. The van der Waals surface area contributed by atoms with Crippen LogP contribution in [0.4, 0.5) is 0 Å². The second kappa shape index (κ2) is 8.81. The predicted molar refractivity (Wildman–Crippen MR) is 105 cm³/mol. The fraction of sp³-hybridized carbons (Fsp3) is 0.368. The SMILES string of the molecule is CNCC1CCN(S(=O)(=O)c2ccccc2-c2ccccc2)CC1.Cl. The first-order valence-corrected chi connectivity index (χ1v) is 9.86. The minimum Gasteiger partial charge on any atom is -0.319 e. The molecule has 2 aromatic rings. The molecule has 1 aliphatic heterocycles. The average Bonchev–Trinajstić information content (AvgIpc) is 2.63. The molecule has 4 nitrogen and oxygen atoms in total. The molecule has 0 aliphatic carbocycles. The molecule has 0 atom stereocenters. The normalized spacial score (nSPS) is 16.4. The molecule has 0 aromatic heterocycles. The van der Waals surface area contributed by atoms with Gasteiger partial charge in [-0.3, -0.25) is 0 Å². The molecule has 0 saturated carbocycles. The molecule has 1 aliphatic rings. The van der Waals surface area contributed by atoms with Crippen LogP contribution in [-0.2, 0) is 10.0 Å². The number of nitrogens with zero attached hydrogens (tertiary/aromatic N) is 1. The summed E-state index contributed by atoms with van der Waals surface area (Å²) in [5.41, 5.74) is 1.71. The van der Waals surface area contributed by atoms with E-state index in [1.54, 1.807) is 16.4 Å². The van der Waals surface area contributed by atoms with Crippen LogP contribution < -0.4 is 5.32 Å². The number of rotatable bonds is 5. The largest absolute Gasteiger partial charge is 0.319 e. The van der Waals surface area contributed by atoms with Gasteiger partial charge < -0.3 is 5.32 Å². The molecule has 25 heavy (non-hydrogen) atoms. The lowest BCUT2D eigenvalue weighted by Crippen LogP contribution is -2.40. The standard InChI is InChI=1S/C19H24N2O2S.ClH/c1-20-15-16-11-13-21(14-12-16)24(22,23)19-10-6-5-9-18(19)17-7-3-2-4-8-17;/h2-10,16,20H,11-15H2,1H3;1H. The van der Waals surface area contributed by atoms with E-state index in [0.29, 0.717) is 23.9 Å². The van der Waals surface area contributed by atoms with Crippen LogP contribution in [0.1, 0.15) is 12.8 Å². The van der Waals surface area contributed by atoms with Gasteiger partial charge in [-0.25, -0.2) is 8.42 Å². The second-order valence-corrected chi connectivity index (χ2v) is 8.17. The van der Waals surface area contributed by atoms with E-state index in [1.165, 1.54) is 0 Å². The van der Waals surface area contributed by atoms with Crippen molar-refractivity contribution in [1.82, 2.24) is 9.62 Å². The van der Waals surface area contributed by atoms with Crippen molar-refractivity contribution < 1.29 is 8.42 Å². The number of hydrogen-bond acceptors (Lipinski definition) is 3. The van der Waals surface area contributed by atoms with Crippen molar-refractivity contribution in [3.63, 3.8) is 0 Å². The van der Waals surface area contributed by atoms with E-state index in [9.17, 15) is 8.42 Å². The molecule has 136 valence electrons. The summed E-state index contributed by atoms with van der Waals surface area (Å²) >= 11 is 0. The highest BCUT2D eigenvalue weighted by atomic mass is 35.5. The Hall–Kier alpha value is -1.40. The van der Waals surface area contributed by atoms with Gasteiger partial charge in [0.15, 0.2) is 0 Å². The lowest BCUT2D eigenvalue weighted by Gasteiger charge is -2.31. The summed E-state index contributed by atoms with van der Waals surface area (Å²) in [5, 5.41) is 3.19. The Morgan fingerprint density at radius 3 is 2.24 bits per heavy atom. The van der Waals surface area contributed by atoms with Crippen LogP contribution in [0.3, 0.4) is 0 Å². The van der Waals surface area contributed by atoms with Crippen LogP contribution in [0.5, 0.6) is 0 Å². The molecule has 2 aromatic carbocycles. The van der Waals surface area contributed by atoms with Crippen molar-refractivity contribution in [3.05, 3.63) is 54.6 Å². The van der Waals surface area contributed by atoms with E-state index in [-0.39, 0.29) is 12.4 Å². The van der Waals surface area contributed by atoms with Crippen LogP contribution in [0.25, 0.3) is 11.1 Å². The molecule has 1 N–H and O–H groups in total. The predicted octanol–water partition coefficient (Wildman–Crippen LogP) is 3.40. The summed E-state index contributed by atoms with van der Waals surface area (Å²) in [7, 11) is -1.52. The number of nitrogens with one attached hydrogen (secondary N) is 1. The van der Waals surface area contributed by atoms with Gasteiger partial charge in [-0.2, -0.15) is 4.31 Å². The zero-order valence-electron chi connectivity index (χ0n) is 14.4. The Balaban J connectivity index is 0.00000225.